The molecule has 3 nitrogen and oxygen atoms in total. The van der Waals surface area contributed by atoms with Gasteiger partial charge in [0.2, 0.25) is 0 Å². The molecule has 0 unspecified atom stereocenters. The molecule has 0 atom stereocenters. The molecule has 0 saturated carbocycles. The minimum absolute atomic E-state index is 0.0598. The lowest BCUT2D eigenvalue weighted by Crippen LogP contribution is -2.17. The summed E-state index contributed by atoms with van der Waals surface area (Å²) in [7, 11) is 1.50. The fourth-order valence-electron chi connectivity index (χ4n) is 1.57. The Morgan fingerprint density at radius 1 is 1.17 bits per heavy atom. The third-order valence-corrected chi connectivity index (χ3v) is 3.22. The van der Waals surface area contributed by atoms with Gasteiger partial charge < -0.3 is 9.47 Å². The van der Waals surface area contributed by atoms with Crippen LogP contribution < -0.4 is 4.74 Å². The maximum Gasteiger partial charge on any atom is 0.195 e. The number of hydrogen-bond donors (Lipinski definition) is 0. The van der Waals surface area contributed by atoms with Crippen molar-refractivity contribution in [2.45, 2.75) is 32.6 Å². The molecular weight excluding hydrogens is 228 g/mol. The molecule has 1 aromatic carbocycles. The van der Waals surface area contributed by atoms with Crippen LogP contribution in [-0.2, 0) is 14.9 Å². The molecule has 0 saturated heterocycles. The Balaban J connectivity index is 2.58. The van der Waals surface area contributed by atoms with E-state index in [1.807, 2.05) is 12.1 Å². The van der Waals surface area contributed by atoms with Crippen molar-refractivity contribution in [3.8, 4) is 5.75 Å². The van der Waals surface area contributed by atoms with Crippen molar-refractivity contribution >= 4 is 5.78 Å². The monoisotopic (exact) mass is 250 g/mol. The number of methoxy groups -OCH3 is 1. The molecule has 1 rings (SSSR count). The number of benzene rings is 1. The maximum atomic E-state index is 11.2. The van der Waals surface area contributed by atoms with Crippen LogP contribution in [-0.4, -0.2) is 26.1 Å². The van der Waals surface area contributed by atoms with Gasteiger partial charge in [0.15, 0.2) is 5.78 Å². The number of ether oxygens (including phenoxy) is 2. The number of rotatable bonds is 7. The van der Waals surface area contributed by atoms with E-state index < -0.39 is 0 Å². The molecule has 1 aromatic rings. The van der Waals surface area contributed by atoms with E-state index in [0.29, 0.717) is 0 Å². The van der Waals surface area contributed by atoms with Gasteiger partial charge in [-0.1, -0.05) is 32.9 Å². The lowest BCUT2D eigenvalue weighted by Gasteiger charge is -2.23. The first-order valence-electron chi connectivity index (χ1n) is 6.23. The van der Waals surface area contributed by atoms with E-state index in [1.165, 1.54) is 12.7 Å². The molecule has 0 aliphatic carbocycles. The molecule has 18 heavy (non-hydrogen) atoms. The molecule has 0 aromatic heterocycles. The fourth-order valence-corrected chi connectivity index (χ4v) is 1.57. The Morgan fingerprint density at radius 2 is 1.78 bits per heavy atom. The van der Waals surface area contributed by atoms with Crippen LogP contribution in [0.5, 0.6) is 5.75 Å². The largest absolute Gasteiger partial charge is 0.486 e. The molecular formula is C15H22O3. The molecule has 100 valence electrons. The van der Waals surface area contributed by atoms with Crippen LogP contribution >= 0.6 is 0 Å². The molecule has 0 N–H and O–H groups in total. The predicted octanol–water partition coefficient (Wildman–Crippen LogP) is 2.97. The highest BCUT2D eigenvalue weighted by Crippen LogP contribution is 2.27. The molecule has 0 fully saturated rings. The summed E-state index contributed by atoms with van der Waals surface area (Å²) in [6.45, 7) is 6.76. The second-order valence-electron chi connectivity index (χ2n) is 5.02. The first kappa shape index (κ1) is 14.7. The Hall–Kier alpha value is -1.35. The Labute approximate surface area is 109 Å². The SMILES string of the molecule is CCC(C)(C)c1ccc(OCC(=O)COC)cc1. The van der Waals surface area contributed by atoms with Gasteiger partial charge in [-0.25, -0.2) is 0 Å². The van der Waals surface area contributed by atoms with E-state index in [2.05, 4.69) is 32.9 Å². The van der Waals surface area contributed by atoms with Crippen LogP contribution in [0.25, 0.3) is 0 Å². The van der Waals surface area contributed by atoms with Crippen molar-refractivity contribution in [2.24, 2.45) is 0 Å². The standard InChI is InChI=1S/C15H22O3/c1-5-15(2,3)12-6-8-14(9-7-12)18-11-13(16)10-17-4/h6-9H,5,10-11H2,1-4H3. The zero-order chi connectivity index (χ0) is 13.6. The number of Topliss-reactive ketones (excluding diaryl/α,β-unsaturated/α-hetero) is 1. The smallest absolute Gasteiger partial charge is 0.195 e. The fraction of sp³-hybridized carbons (Fsp3) is 0.533. The predicted molar refractivity (Wildman–Crippen MR) is 72.1 cm³/mol. The average Bonchev–Trinajstić information content (AvgIpc) is 2.37. The number of carbonyl (C=O) groups excluding carboxylic acids is 1. The number of carbonyl (C=O) groups is 1. The highest BCUT2D eigenvalue weighted by atomic mass is 16.5. The van der Waals surface area contributed by atoms with Gasteiger partial charge in [-0.2, -0.15) is 0 Å². The molecule has 0 heterocycles. The third-order valence-electron chi connectivity index (χ3n) is 3.22. The van der Waals surface area contributed by atoms with Crippen molar-refractivity contribution in [3.05, 3.63) is 29.8 Å². The van der Waals surface area contributed by atoms with Crippen LogP contribution in [0.1, 0.15) is 32.8 Å². The molecule has 3 heteroatoms. The van der Waals surface area contributed by atoms with Gasteiger partial charge in [0.25, 0.3) is 0 Å². The topological polar surface area (TPSA) is 35.5 Å². The molecule has 0 bridgehead atoms. The summed E-state index contributed by atoms with van der Waals surface area (Å²) in [5.41, 5.74) is 1.45. The van der Waals surface area contributed by atoms with Gasteiger partial charge in [-0.3, -0.25) is 4.79 Å². The van der Waals surface area contributed by atoms with E-state index in [-0.39, 0.29) is 24.4 Å². The molecule has 0 spiro atoms. The lowest BCUT2D eigenvalue weighted by molar-refractivity contribution is -0.124. The minimum atomic E-state index is -0.0598. The summed E-state index contributed by atoms with van der Waals surface area (Å²) in [6.07, 6.45) is 1.08. The molecule has 0 radical (unpaired) electrons. The zero-order valence-electron chi connectivity index (χ0n) is 11.7. The van der Waals surface area contributed by atoms with Gasteiger partial charge in [0.1, 0.15) is 19.0 Å². The first-order valence-corrected chi connectivity index (χ1v) is 6.23. The van der Waals surface area contributed by atoms with Crippen LogP contribution in [0.2, 0.25) is 0 Å². The van der Waals surface area contributed by atoms with Gasteiger partial charge in [0.05, 0.1) is 0 Å². The zero-order valence-corrected chi connectivity index (χ0v) is 11.7. The maximum absolute atomic E-state index is 11.2. The normalized spacial score (nSPS) is 11.3. The van der Waals surface area contributed by atoms with Crippen LogP contribution in [0.15, 0.2) is 24.3 Å². The highest BCUT2D eigenvalue weighted by molar-refractivity contribution is 5.81. The Kier molecular flexibility index (Phi) is 5.35. The van der Waals surface area contributed by atoms with E-state index in [4.69, 9.17) is 9.47 Å². The van der Waals surface area contributed by atoms with Gasteiger partial charge in [0, 0.05) is 7.11 Å². The highest BCUT2D eigenvalue weighted by Gasteiger charge is 2.17. The Bertz CT molecular complexity index is 379. The Morgan fingerprint density at radius 3 is 2.28 bits per heavy atom. The molecule has 0 aliphatic rings. The summed E-state index contributed by atoms with van der Waals surface area (Å²) in [4.78, 5) is 11.2. The quantitative estimate of drug-likeness (QED) is 0.746. The van der Waals surface area contributed by atoms with E-state index >= 15 is 0 Å². The van der Waals surface area contributed by atoms with Gasteiger partial charge in [-0.05, 0) is 29.5 Å². The number of ketones is 1. The minimum Gasteiger partial charge on any atom is -0.486 e. The summed E-state index contributed by atoms with van der Waals surface area (Å²) >= 11 is 0. The summed E-state index contributed by atoms with van der Waals surface area (Å²) in [6, 6.07) is 7.93. The van der Waals surface area contributed by atoms with Crippen molar-refractivity contribution < 1.29 is 14.3 Å². The third kappa shape index (κ3) is 4.15. The van der Waals surface area contributed by atoms with Crippen molar-refractivity contribution in [1.29, 1.82) is 0 Å². The average molecular weight is 250 g/mol. The van der Waals surface area contributed by atoms with Gasteiger partial charge >= 0.3 is 0 Å². The van der Waals surface area contributed by atoms with E-state index in [1.54, 1.807) is 0 Å². The van der Waals surface area contributed by atoms with Crippen molar-refractivity contribution in [3.63, 3.8) is 0 Å². The van der Waals surface area contributed by atoms with Gasteiger partial charge in [-0.15, -0.1) is 0 Å². The van der Waals surface area contributed by atoms with Crippen molar-refractivity contribution in [2.75, 3.05) is 20.3 Å². The van der Waals surface area contributed by atoms with Crippen LogP contribution in [0, 0.1) is 0 Å². The van der Waals surface area contributed by atoms with Crippen LogP contribution in [0.3, 0.4) is 0 Å². The molecule has 0 aliphatic heterocycles. The second kappa shape index (κ2) is 6.55. The van der Waals surface area contributed by atoms with E-state index in [0.717, 1.165) is 12.2 Å². The van der Waals surface area contributed by atoms with E-state index in [9.17, 15) is 4.79 Å². The summed E-state index contributed by atoms with van der Waals surface area (Å²) in [5, 5.41) is 0. The first-order chi connectivity index (χ1) is 8.49. The van der Waals surface area contributed by atoms with Crippen LogP contribution in [0.4, 0.5) is 0 Å². The number of hydrogen-bond acceptors (Lipinski definition) is 3. The second-order valence-corrected chi connectivity index (χ2v) is 5.02. The lowest BCUT2D eigenvalue weighted by atomic mass is 9.82. The van der Waals surface area contributed by atoms with Crippen molar-refractivity contribution in [1.82, 2.24) is 0 Å². The summed E-state index contributed by atoms with van der Waals surface area (Å²) in [5.74, 6) is 0.658. The summed E-state index contributed by atoms with van der Waals surface area (Å²) < 4.78 is 10.1. The molecule has 0 amide bonds.